The Morgan fingerprint density at radius 2 is 1.78 bits per heavy atom. The third-order valence-electron chi connectivity index (χ3n) is 6.47. The lowest BCUT2D eigenvalue weighted by molar-refractivity contribution is 0.277. The van der Waals surface area contributed by atoms with Crippen molar-refractivity contribution >= 4 is 22.2 Å². The number of rotatable bonds is 3. The molecule has 2 N–H and O–H groups in total. The molecular weight excluding hydrogens is 401 g/mol. The van der Waals surface area contributed by atoms with Crippen LogP contribution in [0.25, 0.3) is 38.9 Å². The quantitative estimate of drug-likeness (QED) is 0.395. The van der Waals surface area contributed by atoms with E-state index in [0.717, 1.165) is 35.3 Å². The zero-order chi connectivity index (χ0) is 21.8. The molecular formula is C26H22FN5. The Balaban J connectivity index is 1.56. The molecule has 0 saturated heterocycles. The molecule has 1 fully saturated rings. The summed E-state index contributed by atoms with van der Waals surface area (Å²) in [5.41, 5.74) is 9.82. The highest BCUT2D eigenvalue weighted by Crippen LogP contribution is 2.43. The minimum Gasteiger partial charge on any atom is -0.382 e. The van der Waals surface area contributed by atoms with Gasteiger partial charge in [-0.3, -0.25) is 4.40 Å². The first-order chi connectivity index (χ1) is 15.6. The van der Waals surface area contributed by atoms with Crippen molar-refractivity contribution in [1.82, 2.24) is 19.4 Å². The van der Waals surface area contributed by atoms with Crippen LogP contribution in [-0.4, -0.2) is 19.4 Å². The van der Waals surface area contributed by atoms with Crippen molar-refractivity contribution in [2.75, 3.05) is 5.73 Å². The number of fused-ring (bicyclic) bond motifs is 2. The number of nitrogen functional groups attached to an aromatic ring is 1. The van der Waals surface area contributed by atoms with Crippen LogP contribution in [0.5, 0.6) is 0 Å². The Labute approximate surface area is 184 Å². The highest BCUT2D eigenvalue weighted by atomic mass is 19.1. The summed E-state index contributed by atoms with van der Waals surface area (Å²) >= 11 is 0. The van der Waals surface area contributed by atoms with E-state index in [2.05, 4.69) is 16.9 Å². The molecule has 1 aliphatic carbocycles. The number of nitrogens with two attached hydrogens (primary N) is 1. The van der Waals surface area contributed by atoms with Crippen LogP contribution in [0.2, 0.25) is 0 Å². The van der Waals surface area contributed by atoms with Gasteiger partial charge in [-0.2, -0.15) is 0 Å². The lowest BCUT2D eigenvalue weighted by Gasteiger charge is -2.31. The zero-order valence-electron chi connectivity index (χ0n) is 17.7. The van der Waals surface area contributed by atoms with E-state index in [1.807, 2.05) is 59.1 Å². The van der Waals surface area contributed by atoms with Crippen molar-refractivity contribution < 1.29 is 4.39 Å². The molecule has 1 saturated carbocycles. The fourth-order valence-corrected chi connectivity index (χ4v) is 4.78. The maximum atomic E-state index is 15.9. The third-order valence-corrected chi connectivity index (χ3v) is 6.47. The summed E-state index contributed by atoms with van der Waals surface area (Å²) in [5.74, 6) is 1.90. The average Bonchev–Trinajstić information content (AvgIpc) is 3.18. The van der Waals surface area contributed by atoms with Crippen molar-refractivity contribution in [3.8, 4) is 22.5 Å². The van der Waals surface area contributed by atoms with E-state index in [4.69, 9.17) is 10.7 Å². The van der Waals surface area contributed by atoms with Crippen LogP contribution < -0.4 is 5.73 Å². The van der Waals surface area contributed by atoms with Crippen molar-refractivity contribution in [3.63, 3.8) is 0 Å². The van der Waals surface area contributed by atoms with E-state index in [0.29, 0.717) is 39.9 Å². The molecule has 158 valence electrons. The minimum absolute atomic E-state index is 0.325. The van der Waals surface area contributed by atoms with Gasteiger partial charge in [-0.1, -0.05) is 49.4 Å². The van der Waals surface area contributed by atoms with Gasteiger partial charge in [-0.15, -0.1) is 0 Å². The molecule has 6 rings (SSSR count). The molecule has 32 heavy (non-hydrogen) atoms. The summed E-state index contributed by atoms with van der Waals surface area (Å²) in [7, 11) is 0. The number of halogens is 1. The lowest BCUT2D eigenvalue weighted by Crippen LogP contribution is -2.21. The molecule has 3 aromatic heterocycles. The van der Waals surface area contributed by atoms with E-state index in [1.54, 1.807) is 12.3 Å². The molecule has 5 nitrogen and oxygen atoms in total. The smallest absolute Gasteiger partial charge is 0.158 e. The van der Waals surface area contributed by atoms with Crippen LogP contribution in [0.1, 0.15) is 31.5 Å². The van der Waals surface area contributed by atoms with Crippen LogP contribution in [0.3, 0.4) is 0 Å². The van der Waals surface area contributed by atoms with Gasteiger partial charge in [0.1, 0.15) is 28.4 Å². The van der Waals surface area contributed by atoms with E-state index >= 15 is 4.39 Å². The van der Waals surface area contributed by atoms with Gasteiger partial charge in [-0.05, 0) is 30.9 Å². The summed E-state index contributed by atoms with van der Waals surface area (Å²) in [4.78, 5) is 13.8. The Morgan fingerprint density at radius 1 is 1.00 bits per heavy atom. The highest BCUT2D eigenvalue weighted by molar-refractivity contribution is 5.92. The number of hydrogen-bond acceptors (Lipinski definition) is 4. The van der Waals surface area contributed by atoms with E-state index in [9.17, 15) is 0 Å². The highest BCUT2D eigenvalue weighted by Gasteiger charge is 2.32. The fraction of sp³-hybridized carbons (Fsp3) is 0.192. The summed E-state index contributed by atoms with van der Waals surface area (Å²) < 4.78 is 17.9. The summed E-state index contributed by atoms with van der Waals surface area (Å²) in [6.45, 7) is 2.24. The van der Waals surface area contributed by atoms with Crippen molar-refractivity contribution in [2.45, 2.75) is 25.7 Å². The summed E-state index contributed by atoms with van der Waals surface area (Å²) in [6.07, 6.45) is 5.68. The number of benzene rings is 2. The molecule has 0 amide bonds. The van der Waals surface area contributed by atoms with Crippen LogP contribution in [0.4, 0.5) is 10.2 Å². The molecule has 0 radical (unpaired) electrons. The van der Waals surface area contributed by atoms with Gasteiger partial charge in [0, 0.05) is 34.8 Å². The number of nitrogens with zero attached hydrogens (tertiary/aromatic N) is 4. The van der Waals surface area contributed by atoms with E-state index in [1.165, 1.54) is 0 Å². The van der Waals surface area contributed by atoms with E-state index in [-0.39, 0.29) is 0 Å². The van der Waals surface area contributed by atoms with Crippen molar-refractivity contribution in [1.29, 1.82) is 0 Å². The van der Waals surface area contributed by atoms with Gasteiger partial charge in [-0.25, -0.2) is 19.3 Å². The Kier molecular flexibility index (Phi) is 4.21. The monoisotopic (exact) mass is 423 g/mol. The maximum Gasteiger partial charge on any atom is 0.158 e. The van der Waals surface area contributed by atoms with Gasteiger partial charge in [0.2, 0.25) is 0 Å². The average molecular weight is 423 g/mol. The van der Waals surface area contributed by atoms with Gasteiger partial charge < -0.3 is 5.73 Å². The SMILES string of the molecule is C[C@H]1C[C@@H](c2nc(-c3ccc4ccc(-c5ccccc5)nc4c3F)c3c(N)nccn32)C1. The largest absolute Gasteiger partial charge is 0.382 e. The second-order valence-electron chi connectivity index (χ2n) is 8.68. The van der Waals surface area contributed by atoms with Crippen LogP contribution in [0, 0.1) is 11.7 Å². The molecule has 6 heteroatoms. The Bertz CT molecular complexity index is 1470. The first kappa shape index (κ1) is 18.9. The molecule has 3 heterocycles. The Hall–Kier alpha value is -3.80. The summed E-state index contributed by atoms with van der Waals surface area (Å²) in [5, 5.41) is 0.744. The normalized spacial score (nSPS) is 18.2. The van der Waals surface area contributed by atoms with Crippen LogP contribution in [-0.2, 0) is 0 Å². The van der Waals surface area contributed by atoms with Crippen LogP contribution in [0.15, 0.2) is 67.0 Å². The van der Waals surface area contributed by atoms with E-state index < -0.39 is 5.82 Å². The third kappa shape index (κ3) is 2.87. The summed E-state index contributed by atoms with van der Waals surface area (Å²) in [6, 6.07) is 17.3. The number of hydrogen-bond donors (Lipinski definition) is 1. The standard InChI is InChI=1S/C26H22FN5/c1-15-13-18(14-15)26-31-23(24-25(28)29-11-12-32(24)26)19-9-7-17-8-10-20(30-22(17)21(19)27)16-5-3-2-4-6-16/h2-12,15,18H,13-14H2,1H3,(H2,28,29)/t15-,18+. The molecule has 0 spiro atoms. The first-order valence-electron chi connectivity index (χ1n) is 10.9. The molecule has 1 aliphatic rings. The molecule has 0 unspecified atom stereocenters. The predicted molar refractivity (Wildman–Crippen MR) is 125 cm³/mol. The number of aromatic nitrogens is 4. The molecule has 5 aromatic rings. The van der Waals surface area contributed by atoms with Gasteiger partial charge in [0.05, 0.1) is 5.69 Å². The number of anilines is 1. The minimum atomic E-state index is -0.392. The first-order valence-corrected chi connectivity index (χ1v) is 10.9. The Morgan fingerprint density at radius 3 is 2.56 bits per heavy atom. The number of imidazole rings is 1. The molecule has 0 aliphatic heterocycles. The second kappa shape index (κ2) is 7.12. The second-order valence-corrected chi connectivity index (χ2v) is 8.68. The fourth-order valence-electron chi connectivity index (χ4n) is 4.78. The molecule has 2 aromatic carbocycles. The van der Waals surface area contributed by atoms with Gasteiger partial charge >= 0.3 is 0 Å². The lowest BCUT2D eigenvalue weighted by atomic mass is 9.76. The van der Waals surface area contributed by atoms with Gasteiger partial charge in [0.25, 0.3) is 0 Å². The molecule has 0 bridgehead atoms. The van der Waals surface area contributed by atoms with Crippen LogP contribution >= 0.6 is 0 Å². The van der Waals surface area contributed by atoms with Crippen molar-refractivity contribution in [3.05, 3.63) is 78.6 Å². The predicted octanol–water partition coefficient (Wildman–Crippen LogP) is 5.85. The topological polar surface area (TPSA) is 69.1 Å². The zero-order valence-corrected chi connectivity index (χ0v) is 17.7. The van der Waals surface area contributed by atoms with Crippen molar-refractivity contribution in [2.24, 2.45) is 5.92 Å². The molecule has 0 atom stereocenters. The van der Waals surface area contributed by atoms with Gasteiger partial charge in [0.15, 0.2) is 5.82 Å². The number of pyridine rings is 1. The maximum absolute atomic E-state index is 15.9.